The third kappa shape index (κ3) is 3.45. The van der Waals surface area contributed by atoms with E-state index in [-0.39, 0.29) is 17.9 Å². The Kier molecular flexibility index (Phi) is 4.55. The molecule has 1 saturated heterocycles. The number of hydrogen-bond donors (Lipinski definition) is 2. The molecule has 18 heavy (non-hydrogen) atoms. The molecule has 2 atom stereocenters. The van der Waals surface area contributed by atoms with Gasteiger partial charge in [0.15, 0.2) is 0 Å². The summed E-state index contributed by atoms with van der Waals surface area (Å²) in [4.78, 5) is 11.7. The Hall–Kier alpha value is -1.59. The summed E-state index contributed by atoms with van der Waals surface area (Å²) in [6.45, 7) is 1.78. The number of carbonyl (C=O) groups is 1. The van der Waals surface area contributed by atoms with Crippen LogP contribution in [-0.2, 0) is 9.53 Å². The number of para-hydroxylation sites is 1. The van der Waals surface area contributed by atoms with Gasteiger partial charge in [0.25, 0.3) is 0 Å². The van der Waals surface area contributed by atoms with Crippen molar-refractivity contribution in [2.45, 2.75) is 6.04 Å². The van der Waals surface area contributed by atoms with Crippen molar-refractivity contribution >= 4 is 5.91 Å². The van der Waals surface area contributed by atoms with Crippen LogP contribution in [0.4, 0.5) is 0 Å². The van der Waals surface area contributed by atoms with Crippen LogP contribution in [0.5, 0.6) is 5.75 Å². The van der Waals surface area contributed by atoms with E-state index >= 15 is 0 Å². The Morgan fingerprint density at radius 1 is 1.39 bits per heavy atom. The minimum absolute atomic E-state index is 0.0586. The van der Waals surface area contributed by atoms with Crippen molar-refractivity contribution in [3.63, 3.8) is 0 Å². The van der Waals surface area contributed by atoms with Crippen LogP contribution in [0.1, 0.15) is 0 Å². The third-order valence-corrected chi connectivity index (χ3v) is 2.87. The standard InChI is InChI=1S/C13H18N2O3/c14-12-9-17-8-11(12)13(16)15-6-7-18-10-4-2-1-3-5-10/h1-5,11-12H,6-9,14H2,(H,15,16). The molecule has 1 aliphatic heterocycles. The van der Waals surface area contributed by atoms with Gasteiger partial charge >= 0.3 is 0 Å². The van der Waals surface area contributed by atoms with Crippen molar-refractivity contribution in [1.82, 2.24) is 5.32 Å². The summed E-state index contributed by atoms with van der Waals surface area (Å²) in [7, 11) is 0. The summed E-state index contributed by atoms with van der Waals surface area (Å²) in [5, 5.41) is 2.80. The molecule has 2 rings (SSSR count). The monoisotopic (exact) mass is 250 g/mol. The van der Waals surface area contributed by atoms with Gasteiger partial charge in [-0.15, -0.1) is 0 Å². The zero-order chi connectivity index (χ0) is 12.8. The summed E-state index contributed by atoms with van der Waals surface area (Å²) in [5.74, 6) is 0.506. The number of benzene rings is 1. The highest BCUT2D eigenvalue weighted by Gasteiger charge is 2.30. The van der Waals surface area contributed by atoms with Crippen molar-refractivity contribution in [2.24, 2.45) is 11.7 Å². The molecule has 0 radical (unpaired) electrons. The molecule has 1 fully saturated rings. The Morgan fingerprint density at radius 2 is 2.17 bits per heavy atom. The van der Waals surface area contributed by atoms with E-state index in [9.17, 15) is 4.79 Å². The molecule has 1 aliphatic rings. The van der Waals surface area contributed by atoms with Crippen LogP contribution in [0.2, 0.25) is 0 Å². The molecule has 5 heteroatoms. The van der Waals surface area contributed by atoms with Gasteiger partial charge < -0.3 is 20.5 Å². The Labute approximate surface area is 106 Å². The molecule has 1 amide bonds. The number of nitrogens with two attached hydrogens (primary N) is 1. The Balaban J connectivity index is 1.65. The van der Waals surface area contributed by atoms with Gasteiger partial charge in [0.2, 0.25) is 5.91 Å². The Morgan fingerprint density at radius 3 is 2.83 bits per heavy atom. The summed E-state index contributed by atoms with van der Waals surface area (Å²) in [6, 6.07) is 9.30. The van der Waals surface area contributed by atoms with Gasteiger partial charge in [-0.05, 0) is 12.1 Å². The van der Waals surface area contributed by atoms with E-state index in [1.54, 1.807) is 0 Å². The first kappa shape index (κ1) is 12.9. The van der Waals surface area contributed by atoms with Gasteiger partial charge in [0.1, 0.15) is 12.4 Å². The van der Waals surface area contributed by atoms with Crippen molar-refractivity contribution in [2.75, 3.05) is 26.4 Å². The zero-order valence-electron chi connectivity index (χ0n) is 10.2. The molecule has 0 aliphatic carbocycles. The second-order valence-electron chi connectivity index (χ2n) is 4.26. The molecule has 3 N–H and O–H groups in total. The largest absolute Gasteiger partial charge is 0.492 e. The topological polar surface area (TPSA) is 73.6 Å². The van der Waals surface area contributed by atoms with Crippen LogP contribution in [0.15, 0.2) is 30.3 Å². The molecule has 2 unspecified atom stereocenters. The molecule has 1 aromatic carbocycles. The summed E-state index contributed by atoms with van der Waals surface area (Å²) in [5.41, 5.74) is 5.76. The van der Waals surface area contributed by atoms with Gasteiger partial charge in [-0.25, -0.2) is 0 Å². The maximum absolute atomic E-state index is 11.7. The van der Waals surface area contributed by atoms with Crippen LogP contribution in [0.25, 0.3) is 0 Å². The molecule has 0 spiro atoms. The predicted molar refractivity (Wildman–Crippen MR) is 67.2 cm³/mol. The van der Waals surface area contributed by atoms with Crippen LogP contribution in [-0.4, -0.2) is 38.3 Å². The number of rotatable bonds is 5. The van der Waals surface area contributed by atoms with E-state index in [1.807, 2.05) is 30.3 Å². The first-order chi connectivity index (χ1) is 8.77. The normalized spacial score (nSPS) is 22.7. The first-order valence-corrected chi connectivity index (χ1v) is 6.06. The van der Waals surface area contributed by atoms with E-state index in [4.69, 9.17) is 15.2 Å². The number of hydrogen-bond acceptors (Lipinski definition) is 4. The highest BCUT2D eigenvalue weighted by Crippen LogP contribution is 2.11. The molecule has 98 valence electrons. The van der Waals surface area contributed by atoms with E-state index in [0.717, 1.165) is 5.75 Å². The van der Waals surface area contributed by atoms with E-state index in [0.29, 0.717) is 26.4 Å². The van der Waals surface area contributed by atoms with Crippen LogP contribution in [0.3, 0.4) is 0 Å². The summed E-state index contributed by atoms with van der Waals surface area (Å²) in [6.07, 6.45) is 0. The number of carbonyl (C=O) groups excluding carboxylic acids is 1. The second kappa shape index (κ2) is 6.37. The lowest BCUT2D eigenvalue weighted by atomic mass is 10.0. The van der Waals surface area contributed by atoms with E-state index < -0.39 is 0 Å². The van der Waals surface area contributed by atoms with Gasteiger partial charge in [-0.2, -0.15) is 0 Å². The highest BCUT2D eigenvalue weighted by atomic mass is 16.5. The molecular weight excluding hydrogens is 232 g/mol. The van der Waals surface area contributed by atoms with Crippen molar-refractivity contribution in [3.8, 4) is 5.75 Å². The van der Waals surface area contributed by atoms with Crippen molar-refractivity contribution in [1.29, 1.82) is 0 Å². The smallest absolute Gasteiger partial charge is 0.227 e. The summed E-state index contributed by atoms with van der Waals surface area (Å²) >= 11 is 0. The minimum atomic E-state index is -0.235. The lowest BCUT2D eigenvalue weighted by molar-refractivity contribution is -0.125. The second-order valence-corrected chi connectivity index (χ2v) is 4.26. The maximum Gasteiger partial charge on any atom is 0.227 e. The number of nitrogens with one attached hydrogen (secondary N) is 1. The molecular formula is C13H18N2O3. The fourth-order valence-electron chi connectivity index (χ4n) is 1.83. The van der Waals surface area contributed by atoms with Gasteiger partial charge in [0.05, 0.1) is 25.7 Å². The SMILES string of the molecule is NC1COCC1C(=O)NCCOc1ccccc1. The average Bonchev–Trinajstić information content (AvgIpc) is 2.82. The molecule has 0 aromatic heterocycles. The third-order valence-electron chi connectivity index (χ3n) is 2.87. The first-order valence-electron chi connectivity index (χ1n) is 6.06. The quantitative estimate of drug-likeness (QED) is 0.730. The van der Waals surface area contributed by atoms with Gasteiger partial charge in [0, 0.05) is 6.04 Å². The molecule has 0 saturated carbocycles. The molecule has 1 aromatic rings. The van der Waals surface area contributed by atoms with Crippen LogP contribution in [0, 0.1) is 5.92 Å². The van der Waals surface area contributed by atoms with Gasteiger partial charge in [-0.1, -0.05) is 18.2 Å². The number of ether oxygens (including phenoxy) is 2. The molecule has 1 heterocycles. The van der Waals surface area contributed by atoms with Crippen molar-refractivity contribution in [3.05, 3.63) is 30.3 Å². The zero-order valence-corrected chi connectivity index (χ0v) is 10.2. The molecule has 5 nitrogen and oxygen atoms in total. The number of amides is 1. The van der Waals surface area contributed by atoms with Crippen LogP contribution < -0.4 is 15.8 Å². The summed E-state index contributed by atoms with van der Waals surface area (Å²) < 4.78 is 10.6. The molecule has 0 bridgehead atoms. The van der Waals surface area contributed by atoms with Crippen LogP contribution >= 0.6 is 0 Å². The van der Waals surface area contributed by atoms with E-state index in [2.05, 4.69) is 5.32 Å². The highest BCUT2D eigenvalue weighted by molar-refractivity contribution is 5.79. The van der Waals surface area contributed by atoms with Crippen molar-refractivity contribution < 1.29 is 14.3 Å². The minimum Gasteiger partial charge on any atom is -0.492 e. The Bertz CT molecular complexity index is 383. The van der Waals surface area contributed by atoms with E-state index in [1.165, 1.54) is 0 Å². The predicted octanol–water partition coefficient (Wildman–Crippen LogP) is 0.155. The maximum atomic E-state index is 11.7. The lowest BCUT2D eigenvalue weighted by Gasteiger charge is -2.13. The van der Waals surface area contributed by atoms with Gasteiger partial charge in [-0.3, -0.25) is 4.79 Å². The lowest BCUT2D eigenvalue weighted by Crippen LogP contribution is -2.42. The average molecular weight is 250 g/mol. The fraction of sp³-hybridized carbons (Fsp3) is 0.462. The fourth-order valence-corrected chi connectivity index (χ4v) is 1.83.